The predicted octanol–water partition coefficient (Wildman–Crippen LogP) is 5.62. The van der Waals surface area contributed by atoms with Gasteiger partial charge in [0.15, 0.2) is 0 Å². The third-order valence-electron chi connectivity index (χ3n) is 3.68. The molecular weight excluding hydrogens is 278 g/mol. The quantitative estimate of drug-likeness (QED) is 0.309. The highest BCUT2D eigenvalue weighted by molar-refractivity contribution is 7.59. The van der Waals surface area contributed by atoms with E-state index in [9.17, 15) is 4.79 Å². The summed E-state index contributed by atoms with van der Waals surface area (Å²) in [6.07, 6.45) is 21.9. The summed E-state index contributed by atoms with van der Waals surface area (Å²) in [5.74, 6) is -0.164. The molecule has 0 heterocycles. The molecule has 0 atom stereocenters. The van der Waals surface area contributed by atoms with Crippen molar-refractivity contribution in [1.82, 2.24) is 0 Å². The molecule has 0 bridgehead atoms. The topological polar surface area (TPSA) is 43.1 Å². The molecule has 3 heteroatoms. The molecule has 0 aliphatic rings. The Hall–Kier alpha value is -0.440. The molecule has 0 rings (SSSR count). The molecule has 126 valence electrons. The molecule has 0 aromatic carbocycles. The maximum Gasteiger partial charge on any atom is 0.217 e. The van der Waals surface area contributed by atoms with Gasteiger partial charge in [0.25, 0.3) is 0 Å². The molecule has 0 spiro atoms. The predicted molar refractivity (Wildman–Crippen MR) is 99.0 cm³/mol. The summed E-state index contributed by atoms with van der Waals surface area (Å²) in [6, 6.07) is 0. The zero-order valence-corrected chi connectivity index (χ0v) is 15.0. The van der Waals surface area contributed by atoms with Crippen LogP contribution in [-0.2, 0) is 4.79 Å². The van der Waals surface area contributed by atoms with Gasteiger partial charge in [-0.15, -0.1) is 0 Å². The number of unbranched alkanes of at least 4 members (excludes halogenated alkanes) is 11. The fourth-order valence-electron chi connectivity index (χ4n) is 2.37. The van der Waals surface area contributed by atoms with Crippen LogP contribution in [0.2, 0.25) is 0 Å². The van der Waals surface area contributed by atoms with Gasteiger partial charge in [-0.3, -0.25) is 4.79 Å². The lowest BCUT2D eigenvalue weighted by molar-refractivity contribution is -0.118. The molecule has 0 saturated heterocycles. The zero-order valence-electron chi connectivity index (χ0n) is 14.0. The van der Waals surface area contributed by atoms with Crippen molar-refractivity contribution in [3.8, 4) is 0 Å². The minimum atomic E-state index is -0.164. The highest BCUT2D eigenvalue weighted by Crippen LogP contribution is 2.09. The Kier molecular flexibility index (Phi) is 21.3. The molecule has 0 aromatic rings. The number of allylic oxidation sites excluding steroid dienone is 2. The standard InChI is InChI=1S/C18H35NO.H2S/c1-2-3-4-5-6-7-8-9-10-11-12-13-14-15-16-17-18(19)20;/h9-10H,2-8,11-17H2,1H3,(H2,19,20);1H2/b10-9-;. The Morgan fingerprint density at radius 3 is 1.67 bits per heavy atom. The number of carbonyl (C=O) groups is 1. The summed E-state index contributed by atoms with van der Waals surface area (Å²) in [5, 5.41) is 0. The van der Waals surface area contributed by atoms with Gasteiger partial charge in [0, 0.05) is 6.42 Å². The van der Waals surface area contributed by atoms with Gasteiger partial charge in [0.05, 0.1) is 0 Å². The fraction of sp³-hybridized carbons (Fsp3) is 0.833. The lowest BCUT2D eigenvalue weighted by Gasteiger charge is -1.99. The van der Waals surface area contributed by atoms with Crippen LogP contribution in [0.5, 0.6) is 0 Å². The Labute approximate surface area is 139 Å². The van der Waals surface area contributed by atoms with Gasteiger partial charge >= 0.3 is 0 Å². The van der Waals surface area contributed by atoms with E-state index in [0.29, 0.717) is 6.42 Å². The van der Waals surface area contributed by atoms with Crippen molar-refractivity contribution in [2.45, 2.75) is 96.8 Å². The highest BCUT2D eigenvalue weighted by atomic mass is 32.1. The van der Waals surface area contributed by atoms with Crippen molar-refractivity contribution >= 4 is 19.4 Å². The molecule has 0 saturated carbocycles. The average molecular weight is 316 g/mol. The van der Waals surface area contributed by atoms with Gasteiger partial charge in [-0.05, 0) is 32.1 Å². The van der Waals surface area contributed by atoms with Crippen LogP contribution in [0.25, 0.3) is 0 Å². The van der Waals surface area contributed by atoms with Crippen LogP contribution < -0.4 is 5.73 Å². The molecular formula is C18H37NOS. The van der Waals surface area contributed by atoms with E-state index in [0.717, 1.165) is 12.8 Å². The second-order valence-corrected chi connectivity index (χ2v) is 5.80. The van der Waals surface area contributed by atoms with Crippen LogP contribution in [0.4, 0.5) is 0 Å². The summed E-state index contributed by atoms with van der Waals surface area (Å²) < 4.78 is 0. The second kappa shape index (κ2) is 19.6. The van der Waals surface area contributed by atoms with E-state index in [2.05, 4.69) is 19.1 Å². The molecule has 1 amide bonds. The Morgan fingerprint density at radius 1 is 0.762 bits per heavy atom. The average Bonchev–Trinajstić information content (AvgIpc) is 2.43. The number of amides is 1. The van der Waals surface area contributed by atoms with Crippen LogP contribution >= 0.6 is 13.5 Å². The van der Waals surface area contributed by atoms with Gasteiger partial charge in [0.2, 0.25) is 5.91 Å². The lowest BCUT2D eigenvalue weighted by Crippen LogP contribution is -2.09. The third-order valence-corrected chi connectivity index (χ3v) is 3.68. The molecule has 2 N–H and O–H groups in total. The minimum Gasteiger partial charge on any atom is -0.370 e. The maximum absolute atomic E-state index is 10.5. The molecule has 0 radical (unpaired) electrons. The monoisotopic (exact) mass is 315 g/mol. The number of primary amides is 1. The van der Waals surface area contributed by atoms with Crippen LogP contribution in [0.1, 0.15) is 96.8 Å². The van der Waals surface area contributed by atoms with Crippen molar-refractivity contribution in [2.75, 3.05) is 0 Å². The van der Waals surface area contributed by atoms with Crippen molar-refractivity contribution in [2.24, 2.45) is 5.73 Å². The minimum absolute atomic E-state index is 0. The van der Waals surface area contributed by atoms with E-state index in [-0.39, 0.29) is 19.4 Å². The summed E-state index contributed by atoms with van der Waals surface area (Å²) in [7, 11) is 0. The molecule has 0 unspecified atom stereocenters. The number of nitrogens with two attached hydrogens (primary N) is 1. The van der Waals surface area contributed by atoms with E-state index >= 15 is 0 Å². The van der Waals surface area contributed by atoms with Crippen molar-refractivity contribution in [1.29, 1.82) is 0 Å². The molecule has 0 aliphatic carbocycles. The first kappa shape index (κ1) is 22.8. The smallest absolute Gasteiger partial charge is 0.217 e. The van der Waals surface area contributed by atoms with E-state index in [4.69, 9.17) is 5.73 Å². The van der Waals surface area contributed by atoms with Crippen LogP contribution in [0.3, 0.4) is 0 Å². The Bertz CT molecular complexity index is 241. The Morgan fingerprint density at radius 2 is 1.19 bits per heavy atom. The molecule has 2 nitrogen and oxygen atoms in total. The summed E-state index contributed by atoms with van der Waals surface area (Å²) >= 11 is 0. The van der Waals surface area contributed by atoms with Gasteiger partial charge in [-0.25, -0.2) is 0 Å². The van der Waals surface area contributed by atoms with E-state index in [1.165, 1.54) is 70.6 Å². The number of hydrogen-bond donors (Lipinski definition) is 1. The normalized spacial score (nSPS) is 10.7. The first-order valence-electron chi connectivity index (χ1n) is 8.70. The van der Waals surface area contributed by atoms with E-state index in [1.807, 2.05) is 0 Å². The van der Waals surface area contributed by atoms with Crippen LogP contribution in [-0.4, -0.2) is 5.91 Å². The van der Waals surface area contributed by atoms with Crippen LogP contribution in [0.15, 0.2) is 12.2 Å². The largest absolute Gasteiger partial charge is 0.370 e. The number of hydrogen-bond acceptors (Lipinski definition) is 1. The number of rotatable bonds is 15. The van der Waals surface area contributed by atoms with Crippen molar-refractivity contribution in [3.63, 3.8) is 0 Å². The van der Waals surface area contributed by atoms with Gasteiger partial charge in [-0.1, -0.05) is 70.4 Å². The highest BCUT2D eigenvalue weighted by Gasteiger charge is 1.94. The van der Waals surface area contributed by atoms with Gasteiger partial charge < -0.3 is 5.73 Å². The molecule has 0 aliphatic heterocycles. The molecule has 21 heavy (non-hydrogen) atoms. The van der Waals surface area contributed by atoms with Gasteiger partial charge in [0.1, 0.15) is 0 Å². The van der Waals surface area contributed by atoms with Crippen LogP contribution in [0, 0.1) is 0 Å². The van der Waals surface area contributed by atoms with E-state index in [1.54, 1.807) is 0 Å². The van der Waals surface area contributed by atoms with Crippen molar-refractivity contribution in [3.05, 3.63) is 12.2 Å². The van der Waals surface area contributed by atoms with Crippen molar-refractivity contribution < 1.29 is 4.79 Å². The summed E-state index contributed by atoms with van der Waals surface area (Å²) in [4.78, 5) is 10.5. The van der Waals surface area contributed by atoms with Gasteiger partial charge in [-0.2, -0.15) is 13.5 Å². The summed E-state index contributed by atoms with van der Waals surface area (Å²) in [6.45, 7) is 2.26. The fourth-order valence-corrected chi connectivity index (χ4v) is 2.37. The Balaban J connectivity index is 0. The first-order valence-corrected chi connectivity index (χ1v) is 8.70. The number of carbonyl (C=O) groups excluding carboxylic acids is 1. The maximum atomic E-state index is 10.5. The third kappa shape index (κ3) is 22.0. The zero-order chi connectivity index (χ0) is 14.9. The molecule has 0 aromatic heterocycles. The molecule has 0 fully saturated rings. The van der Waals surface area contributed by atoms with E-state index < -0.39 is 0 Å². The summed E-state index contributed by atoms with van der Waals surface area (Å²) in [5.41, 5.74) is 5.10. The second-order valence-electron chi connectivity index (χ2n) is 5.80. The first-order chi connectivity index (χ1) is 9.77. The SMILES string of the molecule is CCCCCCCC/C=C\CCCCCCCC(N)=O.S. The lowest BCUT2D eigenvalue weighted by atomic mass is 10.1.